The number of aliphatic hydroxyl groups is 1. The van der Waals surface area contributed by atoms with Crippen molar-refractivity contribution in [2.45, 2.75) is 37.7 Å². The van der Waals surface area contributed by atoms with Crippen LogP contribution in [0.2, 0.25) is 0 Å². The Morgan fingerprint density at radius 1 is 1.19 bits per heavy atom. The number of aromatic nitrogens is 3. The van der Waals surface area contributed by atoms with Crippen molar-refractivity contribution in [1.29, 1.82) is 0 Å². The number of carbonyl (C=O) groups is 1. The number of nitrogens with one attached hydrogen (secondary N) is 2. The van der Waals surface area contributed by atoms with Gasteiger partial charge in [-0.3, -0.25) is 9.59 Å². The highest BCUT2D eigenvalue weighted by atomic mass is 35.5. The maximum Gasteiger partial charge on any atom is 0.259 e. The molecule has 0 spiro atoms. The van der Waals surface area contributed by atoms with E-state index in [2.05, 4.69) is 15.4 Å². The van der Waals surface area contributed by atoms with Gasteiger partial charge in [0.25, 0.3) is 11.5 Å². The molecule has 9 heteroatoms. The van der Waals surface area contributed by atoms with Gasteiger partial charge in [-0.2, -0.15) is 5.10 Å². The highest BCUT2D eigenvalue weighted by Crippen LogP contribution is 2.25. The van der Waals surface area contributed by atoms with E-state index in [9.17, 15) is 14.7 Å². The predicted molar refractivity (Wildman–Crippen MR) is 99.0 cm³/mol. The van der Waals surface area contributed by atoms with E-state index in [0.29, 0.717) is 37.1 Å². The molecule has 2 aliphatic rings. The van der Waals surface area contributed by atoms with Crippen molar-refractivity contribution in [2.75, 3.05) is 26.2 Å². The van der Waals surface area contributed by atoms with Crippen LogP contribution in [0, 0.1) is 0 Å². The van der Waals surface area contributed by atoms with Gasteiger partial charge in [0.15, 0.2) is 0 Å². The van der Waals surface area contributed by atoms with Crippen molar-refractivity contribution >= 4 is 24.0 Å². The molecule has 2 aromatic rings. The normalized spacial score (nSPS) is 19.5. The number of amides is 1. The molecule has 2 aromatic heterocycles. The van der Waals surface area contributed by atoms with E-state index in [1.54, 1.807) is 21.7 Å². The Labute approximate surface area is 157 Å². The van der Waals surface area contributed by atoms with Crippen molar-refractivity contribution < 1.29 is 9.90 Å². The first kappa shape index (κ1) is 18.9. The molecule has 2 fully saturated rings. The van der Waals surface area contributed by atoms with Gasteiger partial charge in [0, 0.05) is 25.1 Å². The highest BCUT2D eigenvalue weighted by Gasteiger charge is 2.27. The third-order valence-electron chi connectivity index (χ3n) is 5.27. The summed E-state index contributed by atoms with van der Waals surface area (Å²) in [5.41, 5.74) is 1.56. The number of hydrogen-bond acceptors (Lipinski definition) is 5. The van der Waals surface area contributed by atoms with Gasteiger partial charge in [0.05, 0.1) is 18.0 Å². The lowest BCUT2D eigenvalue weighted by Crippen LogP contribution is -2.40. The molecule has 4 rings (SSSR count). The summed E-state index contributed by atoms with van der Waals surface area (Å²) in [6, 6.07) is 1.60. The van der Waals surface area contributed by atoms with Gasteiger partial charge >= 0.3 is 0 Å². The van der Waals surface area contributed by atoms with Crippen LogP contribution in [0.1, 0.15) is 47.7 Å². The first-order valence-corrected chi connectivity index (χ1v) is 8.92. The minimum absolute atomic E-state index is 0. The van der Waals surface area contributed by atoms with Gasteiger partial charge in [0.2, 0.25) is 0 Å². The second-order valence-corrected chi connectivity index (χ2v) is 6.92. The molecule has 0 bridgehead atoms. The van der Waals surface area contributed by atoms with Crippen LogP contribution >= 0.6 is 12.4 Å². The first-order valence-electron chi connectivity index (χ1n) is 8.92. The van der Waals surface area contributed by atoms with Crippen LogP contribution in [-0.4, -0.2) is 62.8 Å². The average molecular weight is 382 g/mol. The molecule has 4 heterocycles. The standard InChI is InChI=1S/C17H23N5O3.ClH/c23-12-3-7-21(8-4-12)17(25)13-10-19-22-14(9-15(24)20-16(13)22)11-1-5-18-6-2-11;/h9-12,18,23H,1-8H2,(H,20,24);1H. The SMILES string of the molecule is Cl.O=C(c1cnn2c(C3CCNCC3)cc(=O)[nH]c12)N1CCC(O)CC1. The molecular weight excluding hydrogens is 358 g/mol. The van der Waals surface area contributed by atoms with Crippen LogP contribution in [0.3, 0.4) is 0 Å². The van der Waals surface area contributed by atoms with Crippen LogP contribution in [0.25, 0.3) is 5.65 Å². The zero-order chi connectivity index (χ0) is 17.4. The third-order valence-corrected chi connectivity index (χ3v) is 5.27. The van der Waals surface area contributed by atoms with E-state index in [1.165, 1.54) is 0 Å². The van der Waals surface area contributed by atoms with Gasteiger partial charge < -0.3 is 20.3 Å². The fourth-order valence-electron chi connectivity index (χ4n) is 3.82. The molecule has 0 unspecified atom stereocenters. The lowest BCUT2D eigenvalue weighted by atomic mass is 9.94. The van der Waals surface area contributed by atoms with Crippen molar-refractivity contribution in [1.82, 2.24) is 24.8 Å². The number of rotatable bonds is 2. The highest BCUT2D eigenvalue weighted by molar-refractivity contribution is 5.99. The van der Waals surface area contributed by atoms with E-state index >= 15 is 0 Å². The number of fused-ring (bicyclic) bond motifs is 1. The number of aliphatic hydroxyl groups excluding tert-OH is 1. The molecular formula is C17H24ClN5O3. The molecule has 8 nitrogen and oxygen atoms in total. The summed E-state index contributed by atoms with van der Waals surface area (Å²) in [6.07, 6.45) is 4.28. The Hall–Kier alpha value is -1.90. The van der Waals surface area contributed by atoms with E-state index < -0.39 is 0 Å². The van der Waals surface area contributed by atoms with Gasteiger partial charge in [-0.05, 0) is 38.8 Å². The summed E-state index contributed by atoms with van der Waals surface area (Å²) in [5.74, 6) is 0.124. The zero-order valence-electron chi connectivity index (χ0n) is 14.5. The van der Waals surface area contributed by atoms with E-state index in [1.807, 2.05) is 0 Å². The summed E-state index contributed by atoms with van der Waals surface area (Å²) < 4.78 is 1.71. The summed E-state index contributed by atoms with van der Waals surface area (Å²) >= 11 is 0. The Morgan fingerprint density at radius 3 is 2.58 bits per heavy atom. The van der Waals surface area contributed by atoms with Crippen LogP contribution in [0.15, 0.2) is 17.1 Å². The minimum atomic E-state index is -0.334. The Bertz CT molecular complexity index is 835. The molecule has 3 N–H and O–H groups in total. The summed E-state index contributed by atoms with van der Waals surface area (Å²) in [7, 11) is 0. The number of hydrogen-bond donors (Lipinski definition) is 3. The molecule has 1 amide bonds. The summed E-state index contributed by atoms with van der Waals surface area (Å²) in [4.78, 5) is 29.5. The van der Waals surface area contributed by atoms with Crippen molar-refractivity contribution in [2.24, 2.45) is 0 Å². The molecule has 0 atom stereocenters. The molecule has 0 saturated carbocycles. The van der Waals surface area contributed by atoms with Gasteiger partial charge in [-0.15, -0.1) is 12.4 Å². The number of likely N-dealkylation sites (tertiary alicyclic amines) is 1. The van der Waals surface area contributed by atoms with E-state index in [4.69, 9.17) is 0 Å². The average Bonchev–Trinajstić information content (AvgIpc) is 3.05. The smallest absolute Gasteiger partial charge is 0.259 e. The molecule has 2 saturated heterocycles. The van der Waals surface area contributed by atoms with Crippen molar-refractivity contribution in [3.05, 3.63) is 33.9 Å². The van der Waals surface area contributed by atoms with Crippen LogP contribution in [0.5, 0.6) is 0 Å². The molecule has 2 aliphatic heterocycles. The predicted octanol–water partition coefficient (Wildman–Crippen LogP) is 0.508. The lowest BCUT2D eigenvalue weighted by Gasteiger charge is -2.29. The molecule has 0 radical (unpaired) electrons. The van der Waals surface area contributed by atoms with Crippen molar-refractivity contribution in [3.63, 3.8) is 0 Å². The number of H-pyrrole nitrogens is 1. The van der Waals surface area contributed by atoms with Gasteiger partial charge in [-0.25, -0.2) is 4.52 Å². The number of piperidine rings is 2. The van der Waals surface area contributed by atoms with E-state index in [0.717, 1.165) is 31.6 Å². The zero-order valence-corrected chi connectivity index (χ0v) is 15.3. The Morgan fingerprint density at radius 2 is 1.88 bits per heavy atom. The summed E-state index contributed by atoms with van der Waals surface area (Å²) in [5, 5.41) is 17.3. The van der Waals surface area contributed by atoms with Crippen LogP contribution in [-0.2, 0) is 0 Å². The maximum atomic E-state index is 12.8. The minimum Gasteiger partial charge on any atom is -0.393 e. The van der Waals surface area contributed by atoms with Crippen LogP contribution < -0.4 is 10.9 Å². The topological polar surface area (TPSA) is 103 Å². The molecule has 26 heavy (non-hydrogen) atoms. The second-order valence-electron chi connectivity index (χ2n) is 6.92. The Balaban J connectivity index is 0.00000196. The maximum absolute atomic E-state index is 12.8. The monoisotopic (exact) mass is 381 g/mol. The number of aromatic amines is 1. The fraction of sp³-hybridized carbons (Fsp3) is 0.588. The molecule has 142 valence electrons. The van der Waals surface area contributed by atoms with E-state index in [-0.39, 0.29) is 35.9 Å². The summed E-state index contributed by atoms with van der Waals surface area (Å²) in [6.45, 7) is 2.88. The number of nitrogens with zero attached hydrogens (tertiary/aromatic N) is 3. The van der Waals surface area contributed by atoms with Crippen molar-refractivity contribution in [3.8, 4) is 0 Å². The number of halogens is 1. The quantitative estimate of drug-likeness (QED) is 0.703. The largest absolute Gasteiger partial charge is 0.393 e. The first-order chi connectivity index (χ1) is 12.1. The number of carbonyl (C=O) groups excluding carboxylic acids is 1. The third kappa shape index (κ3) is 3.49. The van der Waals surface area contributed by atoms with Crippen LogP contribution in [0.4, 0.5) is 0 Å². The van der Waals surface area contributed by atoms with Gasteiger partial charge in [0.1, 0.15) is 11.2 Å². The molecule has 0 aliphatic carbocycles. The Kier molecular flexibility index (Phi) is 5.64. The fourth-order valence-corrected chi connectivity index (χ4v) is 3.82. The molecule has 0 aromatic carbocycles. The van der Waals surface area contributed by atoms with Gasteiger partial charge in [-0.1, -0.05) is 0 Å². The lowest BCUT2D eigenvalue weighted by molar-refractivity contribution is 0.0548. The second kappa shape index (κ2) is 7.77.